The monoisotopic (exact) mass is 1050 g/mol. The normalized spacial score (nSPS) is 11.9. The SMILES string of the molecule is C1CCOC1.C1CCOC1.O=C([O-])c1c(F)ccc(F)c1F.O=C([O-])c1c(F)ccc(F)c1F.O=C([O-])c1c(F)ccc(F)c1F.O=C([O-])c1c(F)ccc(F)c1F.[Ru+2].[Ru+2]. The Morgan fingerprint density at radius 3 is 0.583 bits per heavy atom. The van der Waals surface area contributed by atoms with Crippen LogP contribution < -0.4 is 20.4 Å². The van der Waals surface area contributed by atoms with Gasteiger partial charge in [-0.2, -0.15) is 0 Å². The molecule has 2 fully saturated rings. The summed E-state index contributed by atoms with van der Waals surface area (Å²) in [4.78, 5) is 40.1. The molecule has 0 bridgehead atoms. The molecule has 328 valence electrons. The summed E-state index contributed by atoms with van der Waals surface area (Å²) in [6.45, 7) is 4.00. The first-order valence-electron chi connectivity index (χ1n) is 15.7. The number of hydrogen-bond donors (Lipinski definition) is 0. The van der Waals surface area contributed by atoms with E-state index in [1.807, 2.05) is 0 Å². The zero-order valence-corrected chi connectivity index (χ0v) is 33.1. The van der Waals surface area contributed by atoms with Crippen molar-refractivity contribution in [2.75, 3.05) is 26.4 Å². The molecular formula is C36H24F12O10Ru2. The van der Waals surface area contributed by atoms with Gasteiger partial charge in [0.2, 0.25) is 0 Å². The van der Waals surface area contributed by atoms with Gasteiger partial charge >= 0.3 is 39.0 Å². The minimum absolute atomic E-state index is 0. The molecule has 60 heavy (non-hydrogen) atoms. The van der Waals surface area contributed by atoms with Crippen molar-refractivity contribution in [3.8, 4) is 0 Å². The number of aromatic carboxylic acids is 4. The molecule has 0 aromatic heterocycles. The second kappa shape index (κ2) is 28.5. The van der Waals surface area contributed by atoms with Gasteiger partial charge in [-0.3, -0.25) is 0 Å². The van der Waals surface area contributed by atoms with Gasteiger partial charge in [0.1, 0.15) is 23.3 Å². The number of rotatable bonds is 4. The van der Waals surface area contributed by atoms with E-state index in [-0.39, 0.29) is 39.0 Å². The van der Waals surface area contributed by atoms with Crippen molar-refractivity contribution >= 4 is 23.9 Å². The van der Waals surface area contributed by atoms with Crippen LogP contribution in [0.4, 0.5) is 52.7 Å². The van der Waals surface area contributed by atoms with Gasteiger partial charge in [0.05, 0.1) is 46.1 Å². The zero-order valence-electron chi connectivity index (χ0n) is 29.6. The van der Waals surface area contributed by atoms with Crippen LogP contribution in [0.15, 0.2) is 48.5 Å². The maximum Gasteiger partial charge on any atom is 2.00 e. The Morgan fingerprint density at radius 1 is 0.333 bits per heavy atom. The summed E-state index contributed by atoms with van der Waals surface area (Å²) in [7, 11) is 0. The van der Waals surface area contributed by atoms with Gasteiger partial charge in [0, 0.05) is 26.4 Å². The predicted molar refractivity (Wildman–Crippen MR) is 163 cm³/mol. The molecule has 0 amide bonds. The second-order valence-corrected chi connectivity index (χ2v) is 10.7. The molecule has 2 heterocycles. The van der Waals surface area contributed by atoms with Crippen molar-refractivity contribution in [1.29, 1.82) is 0 Å². The summed E-state index contributed by atoms with van der Waals surface area (Å²) < 4.78 is 159. The minimum Gasteiger partial charge on any atom is -0.545 e. The Hall–Kier alpha value is -4.91. The number of carbonyl (C=O) groups excluding carboxylic acids is 4. The molecule has 0 aliphatic carbocycles. The van der Waals surface area contributed by atoms with Crippen LogP contribution in [0.2, 0.25) is 0 Å². The van der Waals surface area contributed by atoms with E-state index in [1.54, 1.807) is 0 Å². The topological polar surface area (TPSA) is 179 Å². The van der Waals surface area contributed by atoms with E-state index >= 15 is 0 Å². The van der Waals surface area contributed by atoms with E-state index in [0.29, 0.717) is 48.5 Å². The Morgan fingerprint density at radius 2 is 0.483 bits per heavy atom. The molecule has 4 aromatic carbocycles. The van der Waals surface area contributed by atoms with Crippen LogP contribution in [0, 0.1) is 69.8 Å². The van der Waals surface area contributed by atoms with Crippen molar-refractivity contribution in [2.45, 2.75) is 25.7 Å². The number of benzene rings is 4. The number of ether oxygens (including phenoxy) is 2. The van der Waals surface area contributed by atoms with E-state index in [1.165, 1.54) is 25.7 Å². The number of hydrogen-bond acceptors (Lipinski definition) is 10. The van der Waals surface area contributed by atoms with E-state index in [2.05, 4.69) is 0 Å². The Kier molecular flexibility index (Phi) is 27.2. The molecule has 0 saturated carbocycles. The first-order chi connectivity index (χ1) is 27.1. The third-order valence-corrected chi connectivity index (χ3v) is 6.65. The van der Waals surface area contributed by atoms with Crippen LogP contribution in [0.3, 0.4) is 0 Å². The maximum atomic E-state index is 12.5. The molecule has 2 aliphatic rings. The van der Waals surface area contributed by atoms with Crippen molar-refractivity contribution in [3.63, 3.8) is 0 Å². The fourth-order valence-corrected chi connectivity index (χ4v) is 3.88. The van der Waals surface area contributed by atoms with Gasteiger partial charge in [-0.15, -0.1) is 0 Å². The van der Waals surface area contributed by atoms with Gasteiger partial charge in [-0.25, -0.2) is 52.7 Å². The molecule has 2 aliphatic heterocycles. The van der Waals surface area contributed by atoms with Crippen molar-refractivity contribution in [1.82, 2.24) is 0 Å². The number of carboxylic acid groups (broad SMARTS) is 4. The third kappa shape index (κ3) is 18.1. The molecule has 0 atom stereocenters. The van der Waals surface area contributed by atoms with E-state index < -0.39 is 116 Å². The van der Waals surface area contributed by atoms with Crippen LogP contribution in [-0.2, 0) is 48.4 Å². The van der Waals surface area contributed by atoms with Gasteiger partial charge in [-0.1, -0.05) is 0 Å². The summed E-state index contributed by atoms with van der Waals surface area (Å²) in [5.41, 5.74) is -5.52. The molecule has 0 unspecified atom stereocenters. The minimum atomic E-state index is -2.08. The first-order valence-corrected chi connectivity index (χ1v) is 15.7. The molecular weight excluding hydrogens is 1020 g/mol. The summed E-state index contributed by atoms with van der Waals surface area (Å²) in [5, 5.41) is 40.1. The maximum absolute atomic E-state index is 12.5. The smallest absolute Gasteiger partial charge is 0.545 e. The summed E-state index contributed by atoms with van der Waals surface area (Å²) in [6, 6.07) is 4.06. The fourth-order valence-electron chi connectivity index (χ4n) is 3.88. The van der Waals surface area contributed by atoms with E-state index in [9.17, 15) is 92.3 Å². The Labute approximate surface area is 356 Å². The summed E-state index contributed by atoms with van der Waals surface area (Å²) >= 11 is 0. The standard InChI is InChI=1S/4C7H3F3O2.2C4H8O.2Ru/c4*8-3-1-2-4(9)6(10)5(3)7(11)12;2*1-2-4-5-3-1;;/h4*1-2H,(H,11,12);2*1-4H2;;/q;;;;;;2*+2/p-4. The van der Waals surface area contributed by atoms with Gasteiger partial charge < -0.3 is 49.1 Å². The molecule has 10 nitrogen and oxygen atoms in total. The van der Waals surface area contributed by atoms with Crippen LogP contribution >= 0.6 is 0 Å². The third-order valence-electron chi connectivity index (χ3n) is 6.65. The quantitative estimate of drug-likeness (QED) is 0.167. The van der Waals surface area contributed by atoms with Crippen LogP contribution in [0.5, 0.6) is 0 Å². The van der Waals surface area contributed by atoms with Crippen LogP contribution in [-0.4, -0.2) is 50.3 Å². The average molecular weight is 1050 g/mol. The average Bonchev–Trinajstić information content (AvgIpc) is 3.93. The molecule has 0 radical (unpaired) electrons. The molecule has 24 heteroatoms. The van der Waals surface area contributed by atoms with Gasteiger partial charge in [0.15, 0.2) is 46.5 Å². The fraction of sp³-hybridized carbons (Fsp3) is 0.222. The number of halogens is 12. The van der Waals surface area contributed by atoms with E-state index in [0.717, 1.165) is 26.4 Å². The van der Waals surface area contributed by atoms with Gasteiger partial charge in [-0.05, 0) is 74.2 Å². The Balaban J connectivity index is 0. The van der Waals surface area contributed by atoms with E-state index in [4.69, 9.17) is 9.47 Å². The predicted octanol–water partition coefficient (Wildman–Crippen LogP) is 3.46. The molecule has 0 spiro atoms. The second-order valence-electron chi connectivity index (χ2n) is 10.7. The summed E-state index contributed by atoms with van der Waals surface area (Å²) in [6.07, 6.45) is 5.11. The largest absolute Gasteiger partial charge is 2.00 e. The van der Waals surface area contributed by atoms with Crippen molar-refractivity contribution < 1.29 is 141 Å². The molecule has 2 saturated heterocycles. The first kappa shape index (κ1) is 57.2. The number of carbonyl (C=O) groups is 4. The number of carboxylic acids is 4. The Bertz CT molecular complexity index is 1770. The molecule has 0 N–H and O–H groups in total. The van der Waals surface area contributed by atoms with Crippen LogP contribution in [0.1, 0.15) is 67.1 Å². The van der Waals surface area contributed by atoms with Gasteiger partial charge in [0.25, 0.3) is 0 Å². The molecule has 4 aromatic rings. The molecule has 6 rings (SSSR count). The van der Waals surface area contributed by atoms with Crippen molar-refractivity contribution in [2.24, 2.45) is 0 Å². The van der Waals surface area contributed by atoms with Crippen LogP contribution in [0.25, 0.3) is 0 Å². The van der Waals surface area contributed by atoms with Crippen molar-refractivity contribution in [3.05, 3.63) is 141 Å². The summed E-state index contributed by atoms with van der Waals surface area (Å²) in [5.74, 6) is -26.4. The zero-order chi connectivity index (χ0) is 44.3.